The summed E-state index contributed by atoms with van der Waals surface area (Å²) in [6.45, 7) is 25.2. The molecule has 0 unspecified atom stereocenters. The summed E-state index contributed by atoms with van der Waals surface area (Å²) in [7, 11) is -1.12. The van der Waals surface area contributed by atoms with Crippen LogP contribution in [0.1, 0.15) is 83.1 Å². The highest BCUT2D eigenvalue weighted by molar-refractivity contribution is 6.64. The molecule has 0 amide bonds. The summed E-state index contributed by atoms with van der Waals surface area (Å²) in [5.74, 6) is 1.97. The molecule has 22 rings (SSSR count). The van der Waals surface area contributed by atoms with Crippen LogP contribution in [0.3, 0.4) is 0 Å². The van der Waals surface area contributed by atoms with Gasteiger partial charge in [-0.05, 0) is 283 Å². The number of hydrogen-bond donors (Lipinski definition) is 0. The Labute approximate surface area is 659 Å². The first-order chi connectivity index (χ1) is 54.3. The molecule has 1 aromatic heterocycles. The second kappa shape index (κ2) is 26.1. The highest BCUT2D eigenvalue weighted by Gasteiger charge is 2.54. The third kappa shape index (κ3) is 12.1. The molecule has 113 heavy (non-hydrogen) atoms. The number of fused-ring (bicyclic) bond motifs is 2. The van der Waals surface area contributed by atoms with E-state index in [9.17, 15) is 0 Å². The van der Waals surface area contributed by atoms with Gasteiger partial charge in [-0.1, -0.05) is 249 Å². The second-order valence-electron chi connectivity index (χ2n) is 34.2. The summed E-state index contributed by atoms with van der Waals surface area (Å²) in [5, 5.41) is 27.5. The minimum atomic E-state index is -0.403. The van der Waals surface area contributed by atoms with E-state index in [4.69, 9.17) is 42.9 Å². The van der Waals surface area contributed by atoms with Gasteiger partial charge < -0.3 is 27.9 Å². The first-order valence-electron chi connectivity index (χ1n) is 39.4. The Morgan fingerprint density at radius 1 is 0.195 bits per heavy atom. The Hall–Kier alpha value is -11.4. The van der Waals surface area contributed by atoms with Crippen molar-refractivity contribution in [1.29, 1.82) is 0 Å². The maximum absolute atomic E-state index is 6.38. The Morgan fingerprint density at radius 3 is 0.805 bits per heavy atom. The lowest BCUT2D eigenvalue weighted by molar-refractivity contribution is 0.00578. The molecule has 4 heterocycles. The molecule has 0 spiro atoms. The molecule has 548 valence electrons. The second-order valence-corrected chi connectivity index (χ2v) is 34.2. The number of nitrogens with zero attached hydrogens (tertiary/aromatic N) is 3. The maximum Gasteiger partial charge on any atom is 0.494 e. The van der Waals surface area contributed by atoms with Crippen LogP contribution in [0.2, 0.25) is 0 Å². The van der Waals surface area contributed by atoms with Crippen LogP contribution in [0.5, 0.6) is 0 Å². The first kappa shape index (κ1) is 70.7. The van der Waals surface area contributed by atoms with E-state index in [1.54, 1.807) is 0 Å². The number of rotatable bonds is 8. The van der Waals surface area contributed by atoms with E-state index in [0.717, 1.165) is 43.9 Å². The average Bonchev–Trinajstić information content (AvgIpc) is 1.47. The SMILES string of the molecule is CC1(C)OB(c2cc3ccc4cc(-c5ccc6ccccc6c5)cc5ccc(c2)c3c45)OC1(C)C.CC1(C)OB(c2cc3ccc4cc(-c5cccc6ccccc56)cc5ccc(c2)c3c45)OC1(C)C.CC1(C)OB(c2cc3ccc4cc(-c5nc(-c6ccccc6)nc(-c6ccccc6)n5)cc5ccc(c2)c3c45)OC1(C)C. The van der Waals surface area contributed by atoms with Gasteiger partial charge in [0.2, 0.25) is 0 Å². The fraction of sp³-hybridized carbons (Fsp3) is 0.178. The normalized spacial score (nSPS) is 16.8. The zero-order valence-corrected chi connectivity index (χ0v) is 65.7. The molecule has 0 radical (unpaired) electrons. The van der Waals surface area contributed by atoms with Gasteiger partial charge in [0.25, 0.3) is 0 Å². The zero-order chi connectivity index (χ0) is 77.2. The van der Waals surface area contributed by atoms with E-state index in [2.05, 4.69) is 314 Å². The van der Waals surface area contributed by atoms with Crippen molar-refractivity contribution in [3.8, 4) is 56.4 Å². The van der Waals surface area contributed by atoms with E-state index in [1.807, 2.05) is 60.7 Å². The van der Waals surface area contributed by atoms with Crippen molar-refractivity contribution in [3.05, 3.63) is 291 Å². The predicted octanol–water partition coefficient (Wildman–Crippen LogP) is 23.5. The smallest absolute Gasteiger partial charge is 0.399 e. The third-order valence-electron chi connectivity index (χ3n) is 25.4. The molecule has 0 N–H and O–H groups in total. The van der Waals surface area contributed by atoms with Crippen molar-refractivity contribution in [2.24, 2.45) is 0 Å². The summed E-state index contributed by atoms with van der Waals surface area (Å²) >= 11 is 0. The van der Waals surface area contributed by atoms with Crippen LogP contribution in [0.25, 0.3) is 175 Å². The molecule has 0 bridgehead atoms. The molecule has 3 aliphatic heterocycles. The van der Waals surface area contributed by atoms with Crippen molar-refractivity contribution in [1.82, 2.24) is 15.0 Å². The molecule has 12 heteroatoms. The Morgan fingerprint density at radius 2 is 0.451 bits per heavy atom. The Kier molecular flexibility index (Phi) is 16.3. The van der Waals surface area contributed by atoms with Gasteiger partial charge in [-0.3, -0.25) is 0 Å². The number of aromatic nitrogens is 3. The van der Waals surface area contributed by atoms with Gasteiger partial charge in [-0.2, -0.15) is 0 Å². The third-order valence-corrected chi connectivity index (χ3v) is 25.4. The summed E-state index contributed by atoms with van der Waals surface area (Å²) in [6.07, 6.45) is 0. The number of hydrogen-bond acceptors (Lipinski definition) is 9. The lowest BCUT2D eigenvalue weighted by Gasteiger charge is -2.32. The van der Waals surface area contributed by atoms with Crippen LogP contribution in [0.15, 0.2) is 291 Å². The van der Waals surface area contributed by atoms with Crippen LogP contribution in [0, 0.1) is 0 Å². The molecular weight excluding hydrogens is 1380 g/mol. The van der Waals surface area contributed by atoms with E-state index in [1.165, 1.54) is 130 Å². The lowest BCUT2D eigenvalue weighted by atomic mass is 9.76. The predicted molar refractivity (Wildman–Crippen MR) is 473 cm³/mol. The minimum absolute atomic E-state index is 0.352. The molecule has 0 atom stereocenters. The fourth-order valence-corrected chi connectivity index (χ4v) is 17.2. The topological polar surface area (TPSA) is 94.1 Å². The molecule has 3 aliphatic rings. The van der Waals surface area contributed by atoms with Gasteiger partial charge in [0.15, 0.2) is 17.5 Å². The van der Waals surface area contributed by atoms with Crippen LogP contribution in [-0.2, 0) is 27.9 Å². The van der Waals surface area contributed by atoms with Gasteiger partial charge >= 0.3 is 21.4 Å². The molecule has 3 fully saturated rings. The highest BCUT2D eigenvalue weighted by atomic mass is 16.7. The van der Waals surface area contributed by atoms with Crippen LogP contribution in [-0.4, -0.2) is 69.9 Å². The average molecular weight is 1470 g/mol. The van der Waals surface area contributed by atoms with E-state index in [0.29, 0.717) is 17.5 Å². The van der Waals surface area contributed by atoms with Crippen molar-refractivity contribution in [2.45, 2.75) is 117 Å². The molecular formula is C101H84B3N3O6. The Balaban J connectivity index is 0.000000111. The summed E-state index contributed by atoms with van der Waals surface area (Å²) < 4.78 is 38.2. The molecule has 18 aromatic carbocycles. The van der Waals surface area contributed by atoms with Crippen molar-refractivity contribution < 1.29 is 27.9 Å². The summed E-state index contributed by atoms with van der Waals surface area (Å²) in [4.78, 5) is 14.8. The molecule has 19 aromatic rings. The van der Waals surface area contributed by atoms with E-state index in [-0.39, 0.29) is 47.8 Å². The lowest BCUT2D eigenvalue weighted by Crippen LogP contribution is -2.41. The van der Waals surface area contributed by atoms with E-state index >= 15 is 0 Å². The highest BCUT2D eigenvalue weighted by Crippen LogP contribution is 2.46. The zero-order valence-electron chi connectivity index (χ0n) is 65.7. The van der Waals surface area contributed by atoms with E-state index < -0.39 is 7.12 Å². The van der Waals surface area contributed by atoms with Crippen LogP contribution < -0.4 is 16.4 Å². The molecule has 9 nitrogen and oxygen atoms in total. The fourth-order valence-electron chi connectivity index (χ4n) is 17.2. The van der Waals surface area contributed by atoms with Gasteiger partial charge in [0.1, 0.15) is 0 Å². The monoisotopic (exact) mass is 1470 g/mol. The van der Waals surface area contributed by atoms with Gasteiger partial charge in [0.05, 0.1) is 33.6 Å². The largest absolute Gasteiger partial charge is 0.494 e. The maximum atomic E-state index is 6.38. The quantitative estimate of drug-likeness (QED) is 0.109. The molecule has 3 saturated heterocycles. The van der Waals surface area contributed by atoms with Crippen molar-refractivity contribution >= 4 is 156 Å². The molecule has 0 aliphatic carbocycles. The first-order valence-corrected chi connectivity index (χ1v) is 39.4. The summed E-state index contributed by atoms with van der Waals surface area (Å²) in [6, 6.07) is 104. The van der Waals surface area contributed by atoms with Crippen molar-refractivity contribution in [3.63, 3.8) is 0 Å². The summed E-state index contributed by atoms with van der Waals surface area (Å²) in [5.41, 5.74) is 8.91. The standard InChI is InChI=1S/C37H30BN3O2.2C32H27BO2/c1-36(2)37(3,4)43-38(42-36)30-21-27-17-15-25-19-29(20-26-16-18-28(22-30)32(27)31(25)26)35-40-33(23-11-7-5-8-12-23)39-34(41-35)24-13-9-6-10-14-24;1-31(2)32(3,4)35-33(34-31)26-18-23-14-12-21-16-25(17-22-13-15-24(19-26)30(23)29(21)22)28-11-7-9-20-8-5-6-10-27(20)28;1-31(2)32(3,4)35-33(34-31)28-18-25-13-11-23-16-27(17-24-12-14-26(19-28)30(25)29(23)24)22-10-9-20-7-5-6-8-21(20)15-22/h5-22H,1-4H3;2*5-19H,1-4H3. The Bertz CT molecular complexity index is 6690. The van der Waals surface area contributed by atoms with Crippen molar-refractivity contribution in [2.75, 3.05) is 0 Å². The van der Waals surface area contributed by atoms with Gasteiger partial charge in [-0.15, -0.1) is 0 Å². The van der Waals surface area contributed by atoms with Gasteiger partial charge in [-0.25, -0.2) is 15.0 Å². The number of benzene rings is 18. The molecule has 0 saturated carbocycles. The van der Waals surface area contributed by atoms with Crippen LogP contribution >= 0.6 is 0 Å². The van der Waals surface area contributed by atoms with Crippen LogP contribution in [0.4, 0.5) is 0 Å². The minimum Gasteiger partial charge on any atom is -0.399 e. The van der Waals surface area contributed by atoms with Gasteiger partial charge in [0, 0.05) is 16.7 Å².